The van der Waals surface area contributed by atoms with Gasteiger partial charge in [0.15, 0.2) is 0 Å². The minimum absolute atomic E-state index is 0.0596. The fourth-order valence-electron chi connectivity index (χ4n) is 9.34. The third-order valence-electron chi connectivity index (χ3n) is 11.9. The van der Waals surface area contributed by atoms with Crippen molar-refractivity contribution in [3.63, 3.8) is 0 Å². The van der Waals surface area contributed by atoms with Gasteiger partial charge in [-0.05, 0) is 68.6 Å². The number of esters is 1. The summed E-state index contributed by atoms with van der Waals surface area (Å²) in [4.78, 5) is 25.8. The van der Waals surface area contributed by atoms with Gasteiger partial charge in [0.2, 0.25) is 0 Å². The van der Waals surface area contributed by atoms with Gasteiger partial charge >= 0.3 is 5.97 Å². The summed E-state index contributed by atoms with van der Waals surface area (Å²) < 4.78 is 6.26. The molecule has 228 valence electrons. The average molecular weight is 555 g/mol. The minimum atomic E-state index is -0.228. The van der Waals surface area contributed by atoms with Crippen LogP contribution in [0.1, 0.15) is 181 Å². The largest absolute Gasteiger partial charge is 0.461 e. The van der Waals surface area contributed by atoms with E-state index in [4.69, 9.17) is 4.74 Å². The van der Waals surface area contributed by atoms with Crippen molar-refractivity contribution in [3.05, 3.63) is 11.1 Å². The molecular formula is C37H62O3. The van der Waals surface area contributed by atoms with Crippen LogP contribution in [0.3, 0.4) is 0 Å². The monoisotopic (exact) mass is 554 g/mol. The van der Waals surface area contributed by atoms with Gasteiger partial charge in [-0.3, -0.25) is 9.59 Å². The lowest BCUT2D eigenvalue weighted by atomic mass is 9.48. The first-order valence-electron chi connectivity index (χ1n) is 17.8. The molecule has 5 atom stereocenters. The molecule has 0 saturated heterocycles. The van der Waals surface area contributed by atoms with E-state index in [-0.39, 0.29) is 17.5 Å². The van der Waals surface area contributed by atoms with Gasteiger partial charge < -0.3 is 4.74 Å². The van der Waals surface area contributed by atoms with E-state index in [1.807, 2.05) is 0 Å². The molecule has 0 amide bonds. The van der Waals surface area contributed by atoms with Gasteiger partial charge in [-0.1, -0.05) is 122 Å². The van der Waals surface area contributed by atoms with E-state index in [0.717, 1.165) is 19.3 Å². The smallest absolute Gasteiger partial charge is 0.306 e. The number of ketones is 1. The molecule has 2 unspecified atom stereocenters. The maximum absolute atomic E-state index is 13.0. The number of carbonyl (C=O) groups excluding carboxylic acids is 2. The Labute approximate surface area is 247 Å². The Kier molecular flexibility index (Phi) is 12.2. The Bertz CT molecular complexity index is 857. The Hall–Kier alpha value is -1.12. The zero-order valence-corrected chi connectivity index (χ0v) is 26.6. The number of unbranched alkanes of at least 4 members (excludes halogenated alkanes) is 14. The maximum atomic E-state index is 13.0. The second-order valence-electron chi connectivity index (χ2n) is 14.7. The first kappa shape index (κ1) is 31.8. The van der Waals surface area contributed by atoms with E-state index >= 15 is 0 Å². The Morgan fingerprint density at radius 2 is 1.38 bits per heavy atom. The van der Waals surface area contributed by atoms with Gasteiger partial charge in [-0.15, -0.1) is 0 Å². The topological polar surface area (TPSA) is 43.4 Å². The van der Waals surface area contributed by atoms with Crippen molar-refractivity contribution in [1.82, 2.24) is 0 Å². The zero-order valence-electron chi connectivity index (χ0n) is 26.6. The SMILES string of the molecule is CCCCCCCCCCCCCCCCCC(=O)OC1CC(=O)CC2CCC3=C4CCC[C@@]4(C)CC[C@H]3[C@]21C. The first-order chi connectivity index (χ1) is 19.4. The molecule has 0 aromatic rings. The molecule has 4 aliphatic carbocycles. The number of hydrogen-bond acceptors (Lipinski definition) is 3. The van der Waals surface area contributed by atoms with Crippen molar-refractivity contribution in [2.24, 2.45) is 22.7 Å². The van der Waals surface area contributed by atoms with E-state index in [9.17, 15) is 9.59 Å². The standard InChI is InChI=1S/C37H62O3/c1-4-5-6-7-8-9-10-11-12-13-14-15-16-17-18-21-35(39)40-34-28-30(38)27-29-22-23-31-32-20-19-25-36(32,2)26-24-33(31)37(29,34)3/h29,33-34H,4-28H2,1-3H3/t29?,33-,34?,36+,37+/m1/s1. The molecule has 0 aliphatic heterocycles. The maximum Gasteiger partial charge on any atom is 0.306 e. The molecule has 0 radical (unpaired) electrons. The van der Waals surface area contributed by atoms with Crippen LogP contribution in [-0.2, 0) is 14.3 Å². The molecule has 4 aliphatic rings. The Balaban J connectivity index is 1.14. The predicted molar refractivity (Wildman–Crippen MR) is 166 cm³/mol. The van der Waals surface area contributed by atoms with Crippen LogP contribution in [0, 0.1) is 22.7 Å². The summed E-state index contributed by atoms with van der Waals surface area (Å²) >= 11 is 0. The van der Waals surface area contributed by atoms with E-state index in [1.165, 1.54) is 122 Å². The second-order valence-corrected chi connectivity index (χ2v) is 14.7. The lowest BCUT2D eigenvalue weighted by Gasteiger charge is -2.57. The normalized spacial score (nSPS) is 31.6. The fourth-order valence-corrected chi connectivity index (χ4v) is 9.34. The molecule has 0 aromatic heterocycles. The molecule has 0 bridgehead atoms. The summed E-state index contributed by atoms with van der Waals surface area (Å²) in [7, 11) is 0. The van der Waals surface area contributed by atoms with E-state index in [1.54, 1.807) is 11.1 Å². The molecule has 0 N–H and O–H groups in total. The van der Waals surface area contributed by atoms with Crippen LogP contribution < -0.4 is 0 Å². The van der Waals surface area contributed by atoms with Crippen LogP contribution in [0.4, 0.5) is 0 Å². The van der Waals surface area contributed by atoms with Crippen LogP contribution in [0.5, 0.6) is 0 Å². The molecule has 0 aromatic carbocycles. The molecule has 3 fully saturated rings. The molecule has 40 heavy (non-hydrogen) atoms. The van der Waals surface area contributed by atoms with Gasteiger partial charge in [0.1, 0.15) is 11.9 Å². The Morgan fingerprint density at radius 1 is 0.775 bits per heavy atom. The summed E-state index contributed by atoms with van der Waals surface area (Å²) in [6.07, 6.45) is 30.0. The van der Waals surface area contributed by atoms with Crippen molar-refractivity contribution < 1.29 is 14.3 Å². The lowest BCUT2D eigenvalue weighted by molar-refractivity contribution is -0.173. The number of Topliss-reactive ketones (excluding diaryl/α,β-unsaturated/α-hetero) is 1. The molecular weight excluding hydrogens is 492 g/mol. The van der Waals surface area contributed by atoms with Crippen molar-refractivity contribution in [2.75, 3.05) is 0 Å². The van der Waals surface area contributed by atoms with Crippen molar-refractivity contribution in [2.45, 2.75) is 187 Å². The quantitative estimate of drug-likeness (QED) is 0.102. The highest BCUT2D eigenvalue weighted by molar-refractivity contribution is 5.81. The van der Waals surface area contributed by atoms with Gasteiger partial charge in [0.05, 0.1) is 0 Å². The lowest BCUT2D eigenvalue weighted by Crippen LogP contribution is -2.55. The molecule has 0 spiro atoms. The summed E-state index contributed by atoms with van der Waals surface area (Å²) in [6.45, 7) is 7.16. The summed E-state index contributed by atoms with van der Waals surface area (Å²) in [5.74, 6) is 1.13. The van der Waals surface area contributed by atoms with Crippen molar-refractivity contribution in [3.8, 4) is 0 Å². The second kappa shape index (κ2) is 15.4. The highest BCUT2D eigenvalue weighted by Gasteiger charge is 2.58. The number of fused-ring (bicyclic) bond motifs is 4. The van der Waals surface area contributed by atoms with Crippen LogP contribution >= 0.6 is 0 Å². The van der Waals surface area contributed by atoms with Crippen LogP contribution in [0.15, 0.2) is 11.1 Å². The molecule has 0 heterocycles. The predicted octanol–water partition coefficient (Wildman–Crippen LogP) is 10.8. The van der Waals surface area contributed by atoms with E-state index < -0.39 is 0 Å². The third kappa shape index (κ3) is 7.83. The van der Waals surface area contributed by atoms with Gasteiger partial charge in [-0.25, -0.2) is 0 Å². The highest BCUT2D eigenvalue weighted by Crippen LogP contribution is 2.63. The van der Waals surface area contributed by atoms with Gasteiger partial charge in [0, 0.05) is 24.7 Å². The molecule has 3 nitrogen and oxygen atoms in total. The van der Waals surface area contributed by atoms with Crippen molar-refractivity contribution >= 4 is 11.8 Å². The summed E-state index contributed by atoms with van der Waals surface area (Å²) in [6, 6.07) is 0. The van der Waals surface area contributed by atoms with Crippen LogP contribution in [0.2, 0.25) is 0 Å². The molecule has 3 saturated carbocycles. The number of hydrogen-bond donors (Lipinski definition) is 0. The third-order valence-corrected chi connectivity index (χ3v) is 11.9. The first-order valence-corrected chi connectivity index (χ1v) is 17.8. The van der Waals surface area contributed by atoms with Crippen molar-refractivity contribution in [1.29, 1.82) is 0 Å². The van der Waals surface area contributed by atoms with Crippen LogP contribution in [-0.4, -0.2) is 17.9 Å². The summed E-state index contributed by atoms with van der Waals surface area (Å²) in [5, 5.41) is 0. The van der Waals surface area contributed by atoms with E-state index in [0.29, 0.717) is 42.3 Å². The van der Waals surface area contributed by atoms with E-state index in [2.05, 4.69) is 20.8 Å². The van der Waals surface area contributed by atoms with Gasteiger partial charge in [0.25, 0.3) is 0 Å². The number of carbonyl (C=O) groups is 2. The summed E-state index contributed by atoms with van der Waals surface area (Å²) in [5.41, 5.74) is 3.81. The van der Waals surface area contributed by atoms with Crippen LogP contribution in [0.25, 0.3) is 0 Å². The zero-order chi connectivity index (χ0) is 28.4. The average Bonchev–Trinajstić information content (AvgIpc) is 3.33. The fraction of sp³-hybridized carbons (Fsp3) is 0.892. The molecule has 4 rings (SSSR count). The Morgan fingerprint density at radius 3 is 2.00 bits per heavy atom. The minimum Gasteiger partial charge on any atom is -0.461 e. The molecule has 3 heteroatoms. The van der Waals surface area contributed by atoms with Gasteiger partial charge in [-0.2, -0.15) is 0 Å². The number of ether oxygens (including phenoxy) is 1. The number of allylic oxidation sites excluding steroid dienone is 2. The highest BCUT2D eigenvalue weighted by atomic mass is 16.5. The number of rotatable bonds is 17.